The van der Waals surface area contributed by atoms with Gasteiger partial charge in [-0.25, -0.2) is 0 Å². The first-order chi connectivity index (χ1) is 13.3. The van der Waals surface area contributed by atoms with E-state index in [-0.39, 0.29) is 28.3 Å². The van der Waals surface area contributed by atoms with Crippen LogP contribution in [0.3, 0.4) is 0 Å². The first kappa shape index (κ1) is 19.5. The number of allylic oxidation sites excluding steroid dienone is 8. The van der Waals surface area contributed by atoms with E-state index in [1.807, 2.05) is 6.08 Å². The second-order valence-electron chi connectivity index (χ2n) is 6.91. The molecule has 2 aliphatic rings. The standard InChI is InChI=1S/C21H21N2O5/c1-14-10-17(12-15-2-6-19(7-3-15)22(25)26)21(24)18(11-14)13-16-4-8-20(9-5-16)23(27)28/h2-9,12-14,25-26H,10-11H2,1H3,(H-,24,27,28)/q-1/p-1. The van der Waals surface area contributed by atoms with E-state index in [0.717, 1.165) is 11.1 Å². The number of hydrogen-bond acceptors (Lipinski definition) is 6. The molecule has 0 fully saturated rings. The van der Waals surface area contributed by atoms with E-state index in [2.05, 4.69) is 6.92 Å². The molecule has 0 bridgehead atoms. The molecule has 7 nitrogen and oxygen atoms in total. The van der Waals surface area contributed by atoms with Gasteiger partial charge in [0.25, 0.3) is 0 Å². The van der Waals surface area contributed by atoms with Gasteiger partial charge in [0.15, 0.2) is 0 Å². The second kappa shape index (κ2) is 8.16. The third-order valence-electron chi connectivity index (χ3n) is 4.63. The molecule has 0 saturated carbocycles. The normalized spacial score (nSPS) is 20.7. The molecule has 0 saturated heterocycles. The van der Waals surface area contributed by atoms with Crippen LogP contribution in [0.1, 0.15) is 25.3 Å². The van der Waals surface area contributed by atoms with E-state index in [9.17, 15) is 15.5 Å². The van der Waals surface area contributed by atoms with Crippen LogP contribution < -0.4 is 10.3 Å². The molecule has 1 aromatic rings. The maximum Gasteiger partial charge on any atom is 0.222 e. The number of benzene rings is 1. The minimum Gasteiger partial charge on any atom is -0.872 e. The van der Waals surface area contributed by atoms with Gasteiger partial charge in [-0.05, 0) is 54.2 Å². The average molecular weight is 380 g/mol. The summed E-state index contributed by atoms with van der Waals surface area (Å²) in [5.74, 6) is 0.254. The van der Waals surface area contributed by atoms with Gasteiger partial charge in [-0.2, -0.15) is 4.90 Å². The molecular formula is C21H20N2O5-2. The van der Waals surface area contributed by atoms with E-state index in [0.29, 0.717) is 24.0 Å². The molecule has 3 rings (SSSR count). The zero-order valence-electron chi connectivity index (χ0n) is 15.3. The Morgan fingerprint density at radius 1 is 1.00 bits per heavy atom. The van der Waals surface area contributed by atoms with Crippen LogP contribution in [0.15, 0.2) is 77.1 Å². The van der Waals surface area contributed by atoms with Crippen LogP contribution >= 0.6 is 0 Å². The second-order valence-corrected chi connectivity index (χ2v) is 6.91. The maximum absolute atomic E-state index is 12.9. The van der Waals surface area contributed by atoms with Gasteiger partial charge in [-0.1, -0.05) is 42.4 Å². The van der Waals surface area contributed by atoms with Crippen LogP contribution in [0.25, 0.3) is 6.08 Å². The van der Waals surface area contributed by atoms with Crippen LogP contribution in [0.2, 0.25) is 0 Å². The van der Waals surface area contributed by atoms with Crippen LogP contribution in [0.5, 0.6) is 0 Å². The largest absolute Gasteiger partial charge is 0.872 e. The minimum absolute atomic E-state index is 0.0128. The van der Waals surface area contributed by atoms with Gasteiger partial charge in [-0.3, -0.25) is 10.4 Å². The van der Waals surface area contributed by atoms with Crippen molar-refractivity contribution in [2.75, 3.05) is 5.23 Å². The molecule has 0 heterocycles. The van der Waals surface area contributed by atoms with E-state index >= 15 is 0 Å². The lowest BCUT2D eigenvalue weighted by atomic mass is 9.84. The number of rotatable bonds is 3. The molecule has 0 aliphatic heterocycles. The van der Waals surface area contributed by atoms with Crippen molar-refractivity contribution in [3.63, 3.8) is 0 Å². The van der Waals surface area contributed by atoms with Crippen molar-refractivity contribution in [1.82, 2.24) is 0 Å². The summed E-state index contributed by atoms with van der Waals surface area (Å²) in [6.07, 6.45) is 11.0. The molecule has 2 N–H and O–H groups in total. The lowest BCUT2D eigenvalue weighted by Gasteiger charge is -2.30. The van der Waals surface area contributed by atoms with E-state index in [4.69, 9.17) is 10.4 Å². The van der Waals surface area contributed by atoms with Crippen molar-refractivity contribution >= 4 is 17.5 Å². The van der Waals surface area contributed by atoms with Gasteiger partial charge in [0, 0.05) is 12.2 Å². The maximum atomic E-state index is 12.9. The summed E-state index contributed by atoms with van der Waals surface area (Å²) in [5.41, 5.74) is 3.13. The Balaban J connectivity index is 1.90. The lowest BCUT2D eigenvalue weighted by molar-refractivity contribution is -0.377. The van der Waals surface area contributed by atoms with Crippen LogP contribution in [0, 0.1) is 16.3 Å². The van der Waals surface area contributed by atoms with Crippen molar-refractivity contribution in [3.8, 4) is 0 Å². The molecule has 0 spiro atoms. The first-order valence-corrected chi connectivity index (χ1v) is 8.81. The zero-order valence-corrected chi connectivity index (χ0v) is 15.3. The van der Waals surface area contributed by atoms with Crippen LogP contribution in [-0.2, 0) is 0 Å². The Kier molecular flexibility index (Phi) is 5.67. The first-order valence-electron chi connectivity index (χ1n) is 8.81. The third kappa shape index (κ3) is 4.51. The molecule has 1 aromatic carbocycles. The van der Waals surface area contributed by atoms with Crippen molar-refractivity contribution in [2.45, 2.75) is 19.8 Å². The SMILES string of the molecule is CC1CC(=Cc2ccc(N(O)O)cc2)C([O-])=C(C=C2C=CC(=[N+]([O-])[O-])C=C2)C1. The summed E-state index contributed by atoms with van der Waals surface area (Å²) in [6.45, 7) is 2.07. The smallest absolute Gasteiger partial charge is 0.222 e. The summed E-state index contributed by atoms with van der Waals surface area (Å²) in [7, 11) is 0. The predicted octanol–water partition coefficient (Wildman–Crippen LogP) is 3.20. The topological polar surface area (TPSA) is 116 Å². The molecule has 1 unspecified atom stereocenters. The summed E-state index contributed by atoms with van der Waals surface area (Å²) in [6, 6.07) is 6.48. The van der Waals surface area contributed by atoms with Gasteiger partial charge < -0.3 is 15.5 Å². The average Bonchev–Trinajstić information content (AvgIpc) is 2.66. The molecule has 28 heavy (non-hydrogen) atoms. The van der Waals surface area contributed by atoms with Gasteiger partial charge in [-0.15, -0.1) is 11.0 Å². The summed E-state index contributed by atoms with van der Waals surface area (Å²) < 4.78 is 0. The van der Waals surface area contributed by atoms with Crippen LogP contribution in [0.4, 0.5) is 5.69 Å². The van der Waals surface area contributed by atoms with Crippen molar-refractivity contribution in [2.24, 2.45) is 5.92 Å². The van der Waals surface area contributed by atoms with Gasteiger partial charge in [0.05, 0.1) is 5.69 Å². The van der Waals surface area contributed by atoms with Crippen molar-refractivity contribution in [1.29, 1.82) is 0 Å². The number of nitrogens with zero attached hydrogens (tertiary/aromatic N) is 2. The molecule has 7 heteroatoms. The Morgan fingerprint density at radius 3 is 2.21 bits per heavy atom. The Bertz CT molecular complexity index is 912. The van der Waals surface area contributed by atoms with Gasteiger partial charge in [0.1, 0.15) is 0 Å². The summed E-state index contributed by atoms with van der Waals surface area (Å²) in [5, 5.41) is 52.5. The van der Waals surface area contributed by atoms with E-state index < -0.39 is 4.90 Å². The predicted molar refractivity (Wildman–Crippen MR) is 104 cm³/mol. The highest BCUT2D eigenvalue weighted by Crippen LogP contribution is 2.33. The highest BCUT2D eigenvalue weighted by atomic mass is 16.8. The molecule has 146 valence electrons. The molecule has 2 aliphatic carbocycles. The molecular weight excluding hydrogens is 360 g/mol. The lowest BCUT2D eigenvalue weighted by Crippen LogP contribution is -2.18. The fraction of sp³-hybridized carbons (Fsp3) is 0.190. The molecule has 1 atom stereocenters. The van der Waals surface area contributed by atoms with E-state index in [1.165, 1.54) is 24.3 Å². The quantitative estimate of drug-likeness (QED) is 0.614. The fourth-order valence-electron chi connectivity index (χ4n) is 3.26. The Hall–Kier alpha value is -3.29. The third-order valence-corrected chi connectivity index (χ3v) is 4.63. The fourth-order valence-corrected chi connectivity index (χ4v) is 3.26. The van der Waals surface area contributed by atoms with Crippen molar-refractivity contribution in [3.05, 3.63) is 93.1 Å². The summed E-state index contributed by atoms with van der Waals surface area (Å²) in [4.78, 5) is -0.455. The molecule has 0 aromatic heterocycles. The van der Waals surface area contributed by atoms with E-state index in [1.54, 1.807) is 30.4 Å². The summed E-state index contributed by atoms with van der Waals surface area (Å²) >= 11 is 0. The van der Waals surface area contributed by atoms with Crippen LogP contribution in [-0.4, -0.2) is 21.0 Å². The molecule has 0 radical (unpaired) electrons. The number of hydrogen-bond donors (Lipinski definition) is 2. The Morgan fingerprint density at radius 2 is 1.64 bits per heavy atom. The highest BCUT2D eigenvalue weighted by molar-refractivity contribution is 6.02. The van der Waals surface area contributed by atoms with Gasteiger partial charge in [0.2, 0.25) is 5.71 Å². The Labute approximate surface area is 162 Å². The van der Waals surface area contributed by atoms with Crippen molar-refractivity contribution < 1.29 is 20.4 Å². The van der Waals surface area contributed by atoms with Gasteiger partial charge >= 0.3 is 0 Å². The monoisotopic (exact) mass is 380 g/mol. The minimum atomic E-state index is -0.455. The molecule has 0 amide bonds. The zero-order chi connectivity index (χ0) is 20.3. The highest BCUT2D eigenvalue weighted by Gasteiger charge is 2.16. The number of anilines is 1.